The molecule has 3 atom stereocenters. The second-order valence-electron chi connectivity index (χ2n) is 13.7. The van der Waals surface area contributed by atoms with Gasteiger partial charge in [-0.1, -0.05) is 23.7 Å². The molecule has 0 saturated carbocycles. The van der Waals surface area contributed by atoms with E-state index in [1.807, 2.05) is 11.9 Å². The number of carbonyl (C=O) groups excluding carboxylic acids is 1. The summed E-state index contributed by atoms with van der Waals surface area (Å²) in [5.41, 5.74) is 0.449. The summed E-state index contributed by atoms with van der Waals surface area (Å²) >= 11 is 6.06. The van der Waals surface area contributed by atoms with Gasteiger partial charge in [-0.2, -0.15) is 23.1 Å². The smallest absolute Gasteiger partial charge is 0.419 e. The van der Waals surface area contributed by atoms with Crippen LogP contribution >= 0.6 is 11.6 Å². The fourth-order valence-electron chi connectivity index (χ4n) is 7.64. The average molecular weight is 722 g/mol. The topological polar surface area (TPSA) is 69.4 Å². The number of allylic oxidation sites excluding steroid dienone is 1. The number of halogens is 6. The number of fused-ring (bicyclic) bond motifs is 1. The first-order valence-electron chi connectivity index (χ1n) is 17.0. The van der Waals surface area contributed by atoms with Crippen molar-refractivity contribution in [2.45, 2.75) is 56.8 Å². The van der Waals surface area contributed by atoms with Gasteiger partial charge < -0.3 is 24.3 Å². The summed E-state index contributed by atoms with van der Waals surface area (Å²) in [6, 6.07) is 4.48. The van der Waals surface area contributed by atoms with Crippen LogP contribution in [0.25, 0.3) is 4.85 Å². The number of ether oxygens (including phenoxy) is 1. The molecule has 4 aliphatic heterocycles. The molecule has 15 heteroatoms. The second-order valence-corrected chi connectivity index (χ2v) is 14.1. The summed E-state index contributed by atoms with van der Waals surface area (Å²) in [5, 5.41) is -0.371. The monoisotopic (exact) mass is 721 g/mol. The van der Waals surface area contributed by atoms with Gasteiger partial charge in [0.1, 0.15) is 12.4 Å². The summed E-state index contributed by atoms with van der Waals surface area (Å²) in [6.45, 7) is 10.4. The lowest BCUT2D eigenvalue weighted by atomic mass is 9.82. The van der Waals surface area contributed by atoms with Crippen molar-refractivity contribution in [3.63, 3.8) is 0 Å². The Morgan fingerprint density at radius 2 is 1.98 bits per heavy atom. The maximum Gasteiger partial charge on any atom is 0.419 e. The van der Waals surface area contributed by atoms with Gasteiger partial charge in [-0.05, 0) is 57.5 Å². The van der Waals surface area contributed by atoms with E-state index in [1.165, 1.54) is 24.3 Å². The lowest BCUT2D eigenvalue weighted by Crippen LogP contribution is -2.45. The number of likely N-dealkylation sites (N-methyl/N-ethyl adjacent to an activating group) is 1. The van der Waals surface area contributed by atoms with Gasteiger partial charge in [-0.3, -0.25) is 9.69 Å². The first-order valence-corrected chi connectivity index (χ1v) is 17.4. The molecule has 50 heavy (non-hydrogen) atoms. The lowest BCUT2D eigenvalue weighted by molar-refractivity contribution is -0.137. The van der Waals surface area contributed by atoms with E-state index in [2.05, 4.69) is 9.74 Å². The highest BCUT2D eigenvalue weighted by Crippen LogP contribution is 2.43. The molecule has 4 aliphatic rings. The number of ketones is 1. The normalized spacial score (nSPS) is 24.5. The second kappa shape index (κ2) is 15.0. The number of aromatic nitrogens is 2. The van der Waals surface area contributed by atoms with Crippen LogP contribution < -0.4 is 14.5 Å². The number of carbonyl (C=O) groups is 1. The van der Waals surface area contributed by atoms with E-state index >= 15 is 0 Å². The molecule has 1 unspecified atom stereocenters. The zero-order valence-electron chi connectivity index (χ0n) is 27.9. The third-order valence-corrected chi connectivity index (χ3v) is 10.6. The molecule has 0 radical (unpaired) electrons. The fourth-order valence-corrected chi connectivity index (χ4v) is 7.92. The fraction of sp³-hybridized carbons (Fsp3) is 0.600. The van der Waals surface area contributed by atoms with Crippen molar-refractivity contribution < 1.29 is 31.5 Å². The Labute approximate surface area is 293 Å². The molecule has 0 aliphatic carbocycles. The molecule has 0 amide bonds. The van der Waals surface area contributed by atoms with Crippen LogP contribution in [-0.2, 0) is 23.9 Å². The van der Waals surface area contributed by atoms with E-state index in [0.717, 1.165) is 24.9 Å². The maximum atomic E-state index is 14.1. The molecule has 3 fully saturated rings. The van der Waals surface area contributed by atoms with Crippen LogP contribution in [0.1, 0.15) is 42.5 Å². The van der Waals surface area contributed by atoms with Gasteiger partial charge in [0.05, 0.1) is 41.0 Å². The Morgan fingerprint density at radius 1 is 1.16 bits per heavy atom. The van der Waals surface area contributed by atoms with Gasteiger partial charge >= 0.3 is 12.2 Å². The minimum absolute atomic E-state index is 0.0196. The zero-order valence-corrected chi connectivity index (χ0v) is 28.7. The summed E-state index contributed by atoms with van der Waals surface area (Å²) in [7, 11) is 2.03. The zero-order chi connectivity index (χ0) is 35.6. The predicted octanol–water partition coefficient (Wildman–Crippen LogP) is 6.01. The molecule has 1 aromatic carbocycles. The van der Waals surface area contributed by atoms with E-state index < -0.39 is 23.6 Å². The van der Waals surface area contributed by atoms with Gasteiger partial charge in [0.25, 0.3) is 5.92 Å². The molecule has 270 valence electrons. The largest absolute Gasteiger partial charge is 0.462 e. The molecule has 0 spiro atoms. The molecule has 5 heterocycles. The van der Waals surface area contributed by atoms with Gasteiger partial charge in [0.2, 0.25) is 6.54 Å². The van der Waals surface area contributed by atoms with Crippen LogP contribution in [0.15, 0.2) is 30.4 Å². The highest BCUT2D eigenvalue weighted by molar-refractivity contribution is 6.31. The first kappa shape index (κ1) is 36.3. The molecule has 0 bridgehead atoms. The maximum absolute atomic E-state index is 14.1. The quantitative estimate of drug-likeness (QED) is 0.168. The number of alkyl halides is 5. The number of hydrogen-bond acceptors (Lipinski definition) is 8. The van der Waals surface area contributed by atoms with Crippen molar-refractivity contribution >= 4 is 28.9 Å². The van der Waals surface area contributed by atoms with Crippen molar-refractivity contribution in [2.75, 3.05) is 75.8 Å². The standard InChI is InChI=1S/C35H41ClF5N7O2/c1-42-18-23-19-48(16-10-25(23)30(49)9-5-14-46-17-12-34(37,38)22-46)32-26-11-15-47(29-8-3-7-27(36)31(29)35(39,40)41)20-28(26)43-33(44-32)50-21-24-6-4-13-45(24)2/h3,5,7-9,23-25H,4,6,10-22H2,2H3/b9-5+/t23-,24-,25?/m0/s1. The third kappa shape index (κ3) is 8.16. The number of benzene rings is 1. The SMILES string of the molecule is [C-]#[N+]C[C@H]1CN(c2nc(OC[C@@H]3CCCN3C)nc3c2CCN(c2cccc(Cl)c2C(F)(F)F)C3)CCC1C(=O)/C=C/CN1CCC(F)(F)C1. The predicted molar refractivity (Wildman–Crippen MR) is 180 cm³/mol. The van der Waals surface area contributed by atoms with Crippen LogP contribution in [0.4, 0.5) is 33.5 Å². The van der Waals surface area contributed by atoms with Crippen LogP contribution in [0.2, 0.25) is 5.02 Å². The van der Waals surface area contributed by atoms with E-state index in [9.17, 15) is 26.7 Å². The molecule has 9 nitrogen and oxygen atoms in total. The molecule has 6 rings (SSSR count). The molecule has 3 saturated heterocycles. The van der Waals surface area contributed by atoms with Gasteiger partial charge in [-0.15, -0.1) is 0 Å². The van der Waals surface area contributed by atoms with Gasteiger partial charge in [0.15, 0.2) is 5.78 Å². The summed E-state index contributed by atoms with van der Waals surface area (Å²) in [4.78, 5) is 34.0. The van der Waals surface area contributed by atoms with E-state index in [4.69, 9.17) is 32.9 Å². The summed E-state index contributed by atoms with van der Waals surface area (Å²) < 4.78 is 75.7. The molecule has 1 aromatic heterocycles. The Balaban J connectivity index is 1.24. The van der Waals surface area contributed by atoms with Gasteiger partial charge in [-0.25, -0.2) is 15.4 Å². The Kier molecular flexibility index (Phi) is 10.9. The number of rotatable bonds is 10. The molecule has 0 N–H and O–H groups in total. The Bertz CT molecular complexity index is 1630. The summed E-state index contributed by atoms with van der Waals surface area (Å²) in [5.74, 6) is -2.95. The minimum atomic E-state index is -4.65. The van der Waals surface area contributed by atoms with Crippen LogP contribution in [0.5, 0.6) is 6.01 Å². The van der Waals surface area contributed by atoms with Crippen molar-refractivity contribution in [1.82, 2.24) is 19.8 Å². The molecular weight excluding hydrogens is 681 g/mol. The Hall–Kier alpha value is -3.54. The van der Waals surface area contributed by atoms with E-state index in [-0.39, 0.29) is 80.2 Å². The van der Waals surface area contributed by atoms with Crippen molar-refractivity contribution in [3.8, 4) is 6.01 Å². The number of nitrogens with zero attached hydrogens (tertiary/aromatic N) is 7. The highest BCUT2D eigenvalue weighted by Gasteiger charge is 2.41. The van der Waals surface area contributed by atoms with Crippen LogP contribution in [-0.4, -0.2) is 104 Å². The number of hydrogen-bond donors (Lipinski definition) is 0. The molecular formula is C35H41ClF5N7O2. The average Bonchev–Trinajstić information content (AvgIpc) is 3.65. The van der Waals surface area contributed by atoms with Crippen LogP contribution in [0.3, 0.4) is 0 Å². The minimum Gasteiger partial charge on any atom is -0.462 e. The van der Waals surface area contributed by atoms with Gasteiger partial charge in [0, 0.05) is 56.7 Å². The van der Waals surface area contributed by atoms with Crippen molar-refractivity contribution in [1.29, 1.82) is 0 Å². The lowest BCUT2D eigenvalue weighted by Gasteiger charge is -2.39. The van der Waals surface area contributed by atoms with Crippen LogP contribution in [0, 0.1) is 18.4 Å². The third-order valence-electron chi connectivity index (χ3n) is 10.3. The highest BCUT2D eigenvalue weighted by atomic mass is 35.5. The van der Waals surface area contributed by atoms with Crippen molar-refractivity contribution in [2.24, 2.45) is 11.8 Å². The molecule has 2 aromatic rings. The number of piperidine rings is 1. The van der Waals surface area contributed by atoms with Crippen molar-refractivity contribution in [3.05, 3.63) is 63.6 Å². The van der Waals surface area contributed by atoms with E-state index in [1.54, 1.807) is 15.9 Å². The van der Waals surface area contributed by atoms with E-state index in [0.29, 0.717) is 44.0 Å². The number of likely N-dealkylation sites (tertiary alicyclic amines) is 2. The first-order chi connectivity index (χ1) is 23.8. The Morgan fingerprint density at radius 3 is 2.68 bits per heavy atom. The number of anilines is 2. The summed E-state index contributed by atoms with van der Waals surface area (Å²) in [6.07, 6.45) is 1.10.